The number of hydrogen-bond acceptors (Lipinski definition) is 3. The van der Waals surface area contributed by atoms with Gasteiger partial charge < -0.3 is 10.1 Å². The van der Waals surface area contributed by atoms with Crippen LogP contribution >= 0.6 is 23.2 Å². The van der Waals surface area contributed by atoms with Crippen LogP contribution in [0.25, 0.3) is 0 Å². The van der Waals surface area contributed by atoms with Crippen LogP contribution in [0, 0.1) is 0 Å². The van der Waals surface area contributed by atoms with E-state index in [9.17, 15) is 9.59 Å². The lowest BCUT2D eigenvalue weighted by molar-refractivity contribution is -0.674. The van der Waals surface area contributed by atoms with Crippen LogP contribution in [0.3, 0.4) is 0 Å². The largest absolute Gasteiger partial charge is 0.494 e. The van der Waals surface area contributed by atoms with E-state index in [1.165, 1.54) is 4.90 Å². The molecule has 0 bridgehead atoms. The molecule has 142 valence electrons. The summed E-state index contributed by atoms with van der Waals surface area (Å²) in [6, 6.07) is 12.0. The van der Waals surface area contributed by atoms with Gasteiger partial charge in [-0.3, -0.25) is 9.59 Å². The molecule has 1 heterocycles. The maximum Gasteiger partial charge on any atom is 0.292 e. The first kappa shape index (κ1) is 19.7. The monoisotopic (exact) mass is 407 g/mol. The molecule has 2 amide bonds. The fourth-order valence-corrected chi connectivity index (χ4v) is 3.64. The quantitative estimate of drug-likeness (QED) is 0.717. The maximum atomic E-state index is 12.7. The molecular weight excluding hydrogens is 387 g/mol. The predicted octanol–water partition coefficient (Wildman–Crippen LogP) is 2.83. The zero-order valence-corrected chi connectivity index (χ0v) is 16.5. The number of rotatable bonds is 7. The number of halogens is 2. The fourth-order valence-electron chi connectivity index (χ4n) is 3.13. The summed E-state index contributed by atoms with van der Waals surface area (Å²) in [7, 11) is 0. The zero-order chi connectivity index (χ0) is 19.4. The predicted molar refractivity (Wildman–Crippen MR) is 105 cm³/mol. The van der Waals surface area contributed by atoms with Gasteiger partial charge in [-0.15, -0.1) is 0 Å². The summed E-state index contributed by atoms with van der Waals surface area (Å²) in [4.78, 5) is 26.3. The second-order valence-electron chi connectivity index (χ2n) is 6.32. The molecule has 1 aliphatic heterocycles. The minimum Gasteiger partial charge on any atom is -0.494 e. The molecule has 1 atom stereocenters. The van der Waals surface area contributed by atoms with Crippen LogP contribution in [-0.4, -0.2) is 31.0 Å². The molecule has 1 aliphatic rings. The molecule has 27 heavy (non-hydrogen) atoms. The van der Waals surface area contributed by atoms with Crippen molar-refractivity contribution in [2.75, 3.05) is 18.1 Å². The average molecular weight is 408 g/mol. The van der Waals surface area contributed by atoms with Gasteiger partial charge in [0.15, 0.2) is 6.04 Å². The van der Waals surface area contributed by atoms with E-state index in [1.807, 2.05) is 18.3 Å². The van der Waals surface area contributed by atoms with E-state index in [-0.39, 0.29) is 18.2 Å². The number of ether oxygens (including phenoxy) is 1. The summed E-state index contributed by atoms with van der Waals surface area (Å²) in [5.74, 6) is 0.338. The number of carbonyl (C=O) groups excluding carboxylic acids is 2. The lowest BCUT2D eigenvalue weighted by Gasteiger charge is -2.15. The smallest absolute Gasteiger partial charge is 0.292 e. The van der Waals surface area contributed by atoms with E-state index >= 15 is 0 Å². The van der Waals surface area contributed by atoms with E-state index in [2.05, 4.69) is 0 Å². The Kier molecular flexibility index (Phi) is 6.37. The molecule has 0 unspecified atom stereocenters. The Morgan fingerprint density at radius 2 is 1.89 bits per heavy atom. The van der Waals surface area contributed by atoms with E-state index < -0.39 is 6.04 Å². The average Bonchev–Trinajstić information content (AvgIpc) is 2.92. The van der Waals surface area contributed by atoms with Gasteiger partial charge in [0.2, 0.25) is 5.91 Å². The SMILES string of the molecule is CCOc1ccc(N2C(=O)C[C@@H]([NH2+]CCc3ccc(Cl)cc3Cl)C2=O)cc1. The van der Waals surface area contributed by atoms with Crippen LogP contribution < -0.4 is 15.0 Å². The lowest BCUT2D eigenvalue weighted by atomic mass is 10.1. The van der Waals surface area contributed by atoms with Gasteiger partial charge in [0.05, 0.1) is 25.3 Å². The molecule has 5 nitrogen and oxygen atoms in total. The van der Waals surface area contributed by atoms with Crippen molar-refractivity contribution in [2.45, 2.75) is 25.8 Å². The number of anilines is 1. The van der Waals surface area contributed by atoms with Crippen molar-refractivity contribution in [3.8, 4) is 5.75 Å². The van der Waals surface area contributed by atoms with Crippen LogP contribution in [0.15, 0.2) is 42.5 Å². The van der Waals surface area contributed by atoms with E-state index in [1.54, 1.807) is 36.4 Å². The van der Waals surface area contributed by atoms with Crippen LogP contribution in [0.1, 0.15) is 18.9 Å². The number of carbonyl (C=O) groups is 2. The highest BCUT2D eigenvalue weighted by atomic mass is 35.5. The molecule has 2 aromatic rings. The number of benzene rings is 2. The number of imide groups is 1. The minimum absolute atomic E-state index is 0.185. The second-order valence-corrected chi connectivity index (χ2v) is 7.16. The van der Waals surface area contributed by atoms with E-state index in [0.29, 0.717) is 41.1 Å². The first-order valence-electron chi connectivity index (χ1n) is 8.86. The van der Waals surface area contributed by atoms with Gasteiger partial charge in [0.25, 0.3) is 5.91 Å². The summed E-state index contributed by atoms with van der Waals surface area (Å²) >= 11 is 12.1. The number of amides is 2. The van der Waals surface area contributed by atoms with Crippen molar-refractivity contribution in [1.29, 1.82) is 0 Å². The van der Waals surface area contributed by atoms with Crippen molar-refractivity contribution < 1.29 is 19.6 Å². The van der Waals surface area contributed by atoms with Gasteiger partial charge in [-0.05, 0) is 48.9 Å². The van der Waals surface area contributed by atoms with Crippen molar-refractivity contribution in [2.24, 2.45) is 0 Å². The minimum atomic E-state index is -0.407. The number of hydrogen-bond donors (Lipinski definition) is 1. The van der Waals surface area contributed by atoms with Crippen molar-refractivity contribution in [1.82, 2.24) is 0 Å². The Balaban J connectivity index is 1.60. The summed E-state index contributed by atoms with van der Waals surface area (Å²) in [5.41, 5.74) is 1.54. The van der Waals surface area contributed by atoms with Gasteiger partial charge in [-0.1, -0.05) is 29.3 Å². The Morgan fingerprint density at radius 1 is 1.15 bits per heavy atom. The van der Waals surface area contributed by atoms with Crippen LogP contribution in [-0.2, 0) is 16.0 Å². The Labute approximate surface area is 168 Å². The molecular formula is C20H21Cl2N2O3+. The topological polar surface area (TPSA) is 63.2 Å². The zero-order valence-electron chi connectivity index (χ0n) is 15.0. The summed E-state index contributed by atoms with van der Waals surface area (Å²) in [6.45, 7) is 3.12. The molecule has 0 aliphatic carbocycles. The fraction of sp³-hybridized carbons (Fsp3) is 0.300. The molecule has 0 spiro atoms. The van der Waals surface area contributed by atoms with E-state index in [0.717, 1.165) is 5.56 Å². The van der Waals surface area contributed by atoms with Crippen molar-refractivity contribution in [3.63, 3.8) is 0 Å². The van der Waals surface area contributed by atoms with Crippen LogP contribution in [0.2, 0.25) is 10.0 Å². The Bertz CT molecular complexity index is 840. The Hall–Kier alpha value is -2.08. The van der Waals surface area contributed by atoms with Crippen molar-refractivity contribution in [3.05, 3.63) is 58.1 Å². The van der Waals surface area contributed by atoms with Crippen LogP contribution in [0.5, 0.6) is 5.75 Å². The molecule has 2 aromatic carbocycles. The van der Waals surface area contributed by atoms with Gasteiger partial charge in [0.1, 0.15) is 5.75 Å². The number of quaternary nitrogens is 1. The summed E-state index contributed by atoms with van der Waals surface area (Å²) in [6.07, 6.45) is 0.886. The summed E-state index contributed by atoms with van der Waals surface area (Å²) < 4.78 is 5.40. The van der Waals surface area contributed by atoms with Crippen LogP contribution in [0.4, 0.5) is 5.69 Å². The molecule has 7 heteroatoms. The molecule has 1 fully saturated rings. The van der Waals surface area contributed by atoms with Gasteiger partial charge in [-0.25, -0.2) is 4.90 Å². The van der Waals surface area contributed by atoms with E-state index in [4.69, 9.17) is 27.9 Å². The number of nitrogens with zero attached hydrogens (tertiary/aromatic N) is 1. The Morgan fingerprint density at radius 3 is 2.56 bits per heavy atom. The number of nitrogens with two attached hydrogens (primary N) is 1. The second kappa shape index (κ2) is 8.74. The molecule has 0 saturated carbocycles. The molecule has 3 rings (SSSR count). The van der Waals surface area contributed by atoms with Gasteiger partial charge >= 0.3 is 0 Å². The molecule has 2 N–H and O–H groups in total. The third-order valence-electron chi connectivity index (χ3n) is 4.47. The van der Waals surface area contributed by atoms with Crippen molar-refractivity contribution >= 4 is 40.7 Å². The summed E-state index contributed by atoms with van der Waals surface area (Å²) in [5, 5.41) is 3.11. The first-order valence-corrected chi connectivity index (χ1v) is 9.62. The van der Waals surface area contributed by atoms with Gasteiger partial charge in [0, 0.05) is 16.5 Å². The first-order chi connectivity index (χ1) is 13.0. The highest BCUT2D eigenvalue weighted by Crippen LogP contribution is 2.24. The third-order valence-corrected chi connectivity index (χ3v) is 5.05. The third kappa shape index (κ3) is 4.61. The normalized spacial score (nSPS) is 16.9. The maximum absolute atomic E-state index is 12.7. The highest BCUT2D eigenvalue weighted by molar-refractivity contribution is 6.35. The lowest BCUT2D eigenvalue weighted by Crippen LogP contribution is -2.92. The molecule has 1 saturated heterocycles. The molecule has 0 radical (unpaired) electrons. The van der Waals surface area contributed by atoms with Gasteiger partial charge in [-0.2, -0.15) is 0 Å². The molecule has 0 aromatic heterocycles. The standard InChI is InChI=1S/C20H20Cl2N2O3/c1-2-27-16-7-5-15(6-8-16)24-19(25)12-18(20(24)26)23-10-9-13-3-4-14(21)11-17(13)22/h3-8,11,18,23H,2,9-10,12H2,1H3/p+1/t18-/m1/s1. The highest BCUT2D eigenvalue weighted by Gasteiger charge is 2.42.